The third-order valence-electron chi connectivity index (χ3n) is 6.23. The Morgan fingerprint density at radius 2 is 1.97 bits per heavy atom. The molecule has 0 radical (unpaired) electrons. The van der Waals surface area contributed by atoms with Gasteiger partial charge in [0.1, 0.15) is 17.1 Å². The number of benzene rings is 2. The van der Waals surface area contributed by atoms with Gasteiger partial charge in [-0.15, -0.1) is 0 Å². The first kappa shape index (κ1) is 19.9. The Hall–Kier alpha value is -2.44. The van der Waals surface area contributed by atoms with Crippen molar-refractivity contribution in [1.82, 2.24) is 10.6 Å². The zero-order chi connectivity index (χ0) is 20.4. The molecule has 0 saturated carbocycles. The van der Waals surface area contributed by atoms with E-state index in [1.165, 1.54) is 24.8 Å². The minimum Gasteiger partial charge on any atom is -0.496 e. The zero-order valence-corrected chi connectivity index (χ0v) is 16.8. The van der Waals surface area contributed by atoms with Crippen molar-refractivity contribution < 1.29 is 18.7 Å². The molecule has 2 aromatic carbocycles. The summed E-state index contributed by atoms with van der Waals surface area (Å²) >= 11 is 0. The van der Waals surface area contributed by atoms with Crippen LogP contribution < -0.4 is 15.4 Å². The summed E-state index contributed by atoms with van der Waals surface area (Å²) in [5.74, 6) is -0.869. The maximum atomic E-state index is 14.5. The molecule has 1 amide bonds. The fourth-order valence-electron chi connectivity index (χ4n) is 4.98. The normalized spacial score (nSPS) is 22.3. The molecular formula is C23H27FN2O3. The average Bonchev–Trinajstić information content (AvgIpc) is 2.98. The van der Waals surface area contributed by atoms with Crippen LogP contribution in [0.4, 0.5) is 4.39 Å². The molecular weight excluding hydrogens is 371 g/mol. The van der Waals surface area contributed by atoms with Crippen LogP contribution in [0.2, 0.25) is 0 Å². The van der Waals surface area contributed by atoms with E-state index in [0.29, 0.717) is 6.61 Å². The quantitative estimate of drug-likeness (QED) is 0.811. The number of ether oxygens (including phenoxy) is 2. The van der Waals surface area contributed by atoms with E-state index in [2.05, 4.69) is 16.7 Å². The maximum absolute atomic E-state index is 14.5. The van der Waals surface area contributed by atoms with Gasteiger partial charge in [-0.3, -0.25) is 4.79 Å². The van der Waals surface area contributed by atoms with Crippen molar-refractivity contribution in [2.75, 3.05) is 26.8 Å². The van der Waals surface area contributed by atoms with Crippen molar-refractivity contribution in [3.63, 3.8) is 0 Å². The van der Waals surface area contributed by atoms with E-state index in [-0.39, 0.29) is 28.9 Å². The monoisotopic (exact) mass is 398 g/mol. The molecule has 1 fully saturated rings. The summed E-state index contributed by atoms with van der Waals surface area (Å²) in [5.41, 5.74) is 2.05. The molecule has 4 rings (SSSR count). The molecule has 0 aromatic heterocycles. The number of halogens is 1. The molecule has 29 heavy (non-hydrogen) atoms. The lowest BCUT2D eigenvalue weighted by Gasteiger charge is -2.41. The molecule has 1 spiro atoms. The van der Waals surface area contributed by atoms with Crippen LogP contribution in [-0.2, 0) is 10.2 Å². The van der Waals surface area contributed by atoms with Gasteiger partial charge >= 0.3 is 0 Å². The van der Waals surface area contributed by atoms with E-state index in [9.17, 15) is 9.18 Å². The second kappa shape index (κ2) is 8.13. The summed E-state index contributed by atoms with van der Waals surface area (Å²) in [6, 6.07) is 12.2. The van der Waals surface area contributed by atoms with Gasteiger partial charge < -0.3 is 20.1 Å². The van der Waals surface area contributed by atoms with E-state index < -0.39 is 11.7 Å². The minimum absolute atomic E-state index is 0.0750. The van der Waals surface area contributed by atoms with Crippen molar-refractivity contribution in [2.45, 2.75) is 37.3 Å². The van der Waals surface area contributed by atoms with Gasteiger partial charge in [0.25, 0.3) is 5.91 Å². The van der Waals surface area contributed by atoms with Crippen LogP contribution in [0.15, 0.2) is 42.5 Å². The Labute approximate surface area is 170 Å². The highest BCUT2D eigenvalue weighted by molar-refractivity contribution is 5.97. The molecule has 2 aliphatic rings. The Morgan fingerprint density at radius 1 is 1.21 bits per heavy atom. The van der Waals surface area contributed by atoms with Crippen LogP contribution >= 0.6 is 0 Å². The molecule has 0 bridgehead atoms. The first-order valence-electron chi connectivity index (χ1n) is 10.2. The first-order valence-corrected chi connectivity index (χ1v) is 10.2. The standard InChI is InChI=1S/C23H27FN2O3/c1-3-29-21-20(26-22(27)19-17(24)9-6-10-18(19)28-2)15-7-4-5-8-16(15)23(21)11-13-25-14-12-23/h4-10,20-21,25H,3,11-14H2,1-2H3,(H,26,27)/t20-,21+/m0/s1. The molecule has 5 nitrogen and oxygen atoms in total. The lowest BCUT2D eigenvalue weighted by Crippen LogP contribution is -2.50. The molecule has 1 heterocycles. The number of hydrogen-bond acceptors (Lipinski definition) is 4. The molecule has 2 atom stereocenters. The van der Waals surface area contributed by atoms with Crippen molar-refractivity contribution in [2.24, 2.45) is 0 Å². The van der Waals surface area contributed by atoms with E-state index in [1.54, 1.807) is 6.07 Å². The Kier molecular flexibility index (Phi) is 5.56. The Balaban J connectivity index is 1.74. The number of rotatable bonds is 5. The third kappa shape index (κ3) is 3.30. The van der Waals surface area contributed by atoms with Crippen LogP contribution in [0.1, 0.15) is 47.3 Å². The molecule has 0 unspecified atom stereocenters. The Morgan fingerprint density at radius 3 is 2.69 bits per heavy atom. The van der Waals surface area contributed by atoms with Gasteiger partial charge in [-0.25, -0.2) is 4.39 Å². The largest absolute Gasteiger partial charge is 0.496 e. The van der Waals surface area contributed by atoms with Gasteiger partial charge in [-0.1, -0.05) is 30.3 Å². The van der Waals surface area contributed by atoms with Crippen LogP contribution in [0, 0.1) is 5.82 Å². The molecule has 1 aliphatic carbocycles. The third-order valence-corrected chi connectivity index (χ3v) is 6.23. The van der Waals surface area contributed by atoms with Gasteiger partial charge in [-0.2, -0.15) is 0 Å². The van der Waals surface area contributed by atoms with Crippen LogP contribution in [0.25, 0.3) is 0 Å². The topological polar surface area (TPSA) is 59.6 Å². The number of piperidine rings is 1. The first-order chi connectivity index (χ1) is 14.1. The zero-order valence-electron chi connectivity index (χ0n) is 16.8. The van der Waals surface area contributed by atoms with E-state index in [1.807, 2.05) is 25.1 Å². The minimum atomic E-state index is -0.599. The number of fused-ring (bicyclic) bond motifs is 2. The summed E-state index contributed by atoms with van der Waals surface area (Å²) in [5, 5.41) is 6.49. The second-order valence-electron chi connectivity index (χ2n) is 7.64. The van der Waals surface area contributed by atoms with Gasteiger partial charge in [0.2, 0.25) is 0 Å². The van der Waals surface area contributed by atoms with Crippen molar-refractivity contribution >= 4 is 5.91 Å². The summed E-state index contributed by atoms with van der Waals surface area (Å²) in [6.07, 6.45) is 1.67. The molecule has 2 N–H and O–H groups in total. The smallest absolute Gasteiger partial charge is 0.258 e. The van der Waals surface area contributed by atoms with Crippen molar-refractivity contribution in [3.8, 4) is 5.75 Å². The number of hydrogen-bond donors (Lipinski definition) is 2. The summed E-state index contributed by atoms with van der Waals surface area (Å²) in [4.78, 5) is 13.1. The molecule has 1 saturated heterocycles. The Bertz CT molecular complexity index is 895. The molecule has 2 aromatic rings. The summed E-state index contributed by atoms with van der Waals surface area (Å²) in [6.45, 7) is 4.32. The number of nitrogens with one attached hydrogen (secondary N) is 2. The number of carbonyl (C=O) groups is 1. The van der Waals surface area contributed by atoms with Gasteiger partial charge in [0, 0.05) is 12.0 Å². The van der Waals surface area contributed by atoms with Gasteiger partial charge in [0.15, 0.2) is 0 Å². The lowest BCUT2D eigenvalue weighted by molar-refractivity contribution is -0.0208. The predicted molar refractivity (Wildman–Crippen MR) is 109 cm³/mol. The summed E-state index contributed by atoms with van der Waals surface area (Å²) in [7, 11) is 1.43. The number of methoxy groups -OCH3 is 1. The SMILES string of the molecule is CCO[C@@H]1[C@@H](NC(=O)c2c(F)cccc2OC)c2ccccc2C12CCNCC2. The molecule has 154 valence electrons. The van der Waals surface area contributed by atoms with Crippen molar-refractivity contribution in [3.05, 3.63) is 65.0 Å². The fraction of sp³-hybridized carbons (Fsp3) is 0.435. The van der Waals surface area contributed by atoms with Crippen LogP contribution in [0.5, 0.6) is 5.75 Å². The van der Waals surface area contributed by atoms with Crippen LogP contribution in [0.3, 0.4) is 0 Å². The van der Waals surface area contributed by atoms with Crippen molar-refractivity contribution in [1.29, 1.82) is 0 Å². The second-order valence-corrected chi connectivity index (χ2v) is 7.64. The molecule has 1 aliphatic heterocycles. The lowest BCUT2D eigenvalue weighted by atomic mass is 9.72. The number of carbonyl (C=O) groups excluding carboxylic acids is 1. The van der Waals surface area contributed by atoms with E-state index in [4.69, 9.17) is 9.47 Å². The van der Waals surface area contributed by atoms with Gasteiger partial charge in [0.05, 0.1) is 19.3 Å². The number of amides is 1. The van der Waals surface area contributed by atoms with E-state index >= 15 is 0 Å². The molecule has 6 heteroatoms. The summed E-state index contributed by atoms with van der Waals surface area (Å²) < 4.78 is 25.9. The fourth-order valence-corrected chi connectivity index (χ4v) is 4.98. The van der Waals surface area contributed by atoms with E-state index in [0.717, 1.165) is 31.5 Å². The van der Waals surface area contributed by atoms with Crippen LogP contribution in [-0.4, -0.2) is 38.8 Å². The predicted octanol–water partition coefficient (Wildman–Crippen LogP) is 3.35. The highest BCUT2D eigenvalue weighted by atomic mass is 19.1. The van der Waals surface area contributed by atoms with Gasteiger partial charge in [-0.05, 0) is 56.1 Å². The highest BCUT2D eigenvalue weighted by Gasteiger charge is 2.53. The average molecular weight is 398 g/mol. The highest BCUT2D eigenvalue weighted by Crippen LogP contribution is 2.51. The maximum Gasteiger partial charge on any atom is 0.258 e.